The Bertz CT molecular complexity index is 945. The molecule has 1 aliphatic heterocycles. The van der Waals surface area contributed by atoms with Gasteiger partial charge in [-0.15, -0.1) is 0 Å². The molecule has 0 aromatic heterocycles. The van der Waals surface area contributed by atoms with Crippen molar-refractivity contribution < 1.29 is 23.8 Å². The third-order valence-corrected chi connectivity index (χ3v) is 6.02. The van der Waals surface area contributed by atoms with E-state index < -0.39 is 0 Å². The number of hydrogen-bond acceptors (Lipinski definition) is 6. The molecule has 1 saturated heterocycles. The van der Waals surface area contributed by atoms with E-state index in [2.05, 4.69) is 22.6 Å². The second-order valence-corrected chi connectivity index (χ2v) is 8.74. The Morgan fingerprint density at radius 1 is 1.07 bits per heavy atom. The van der Waals surface area contributed by atoms with Crippen molar-refractivity contribution in [2.24, 2.45) is 0 Å². The molecule has 1 aliphatic rings. The van der Waals surface area contributed by atoms with Gasteiger partial charge in [0.05, 0.1) is 12.0 Å². The van der Waals surface area contributed by atoms with E-state index in [1.165, 1.54) is 8.47 Å². The zero-order valence-corrected chi connectivity index (χ0v) is 19.7. The molecule has 0 spiro atoms. The summed E-state index contributed by atoms with van der Waals surface area (Å²) in [5.74, 6) is 0.897. The quantitative estimate of drug-likeness (QED) is 0.255. The highest BCUT2D eigenvalue weighted by atomic mass is 127. The molecule has 0 saturated carbocycles. The van der Waals surface area contributed by atoms with Crippen LogP contribution in [0.25, 0.3) is 6.08 Å². The number of imide groups is 1. The molecule has 1 heterocycles. The van der Waals surface area contributed by atoms with Gasteiger partial charge in [-0.3, -0.25) is 14.5 Å². The first-order chi connectivity index (χ1) is 14.5. The maximum Gasteiger partial charge on any atom is 0.293 e. The number of rotatable bonds is 9. The van der Waals surface area contributed by atoms with Crippen molar-refractivity contribution in [1.82, 2.24) is 4.90 Å². The fourth-order valence-corrected chi connectivity index (χ4v) is 4.07. The molecule has 1 fully saturated rings. The van der Waals surface area contributed by atoms with Crippen LogP contribution in [0.5, 0.6) is 11.5 Å². The summed E-state index contributed by atoms with van der Waals surface area (Å²) >= 11 is 3.21. The van der Waals surface area contributed by atoms with Gasteiger partial charge in [-0.1, -0.05) is 18.2 Å². The van der Waals surface area contributed by atoms with Crippen LogP contribution in [-0.2, 0) is 16.1 Å². The topological polar surface area (TPSA) is 65.1 Å². The number of methoxy groups -OCH3 is 2. The van der Waals surface area contributed by atoms with E-state index in [-0.39, 0.29) is 11.1 Å². The Morgan fingerprint density at radius 2 is 1.83 bits per heavy atom. The number of hydrogen-bond donors (Lipinski definition) is 0. The van der Waals surface area contributed by atoms with Crippen LogP contribution in [0, 0.1) is 3.57 Å². The van der Waals surface area contributed by atoms with Gasteiger partial charge >= 0.3 is 0 Å². The van der Waals surface area contributed by atoms with E-state index in [9.17, 15) is 9.59 Å². The van der Waals surface area contributed by atoms with Crippen LogP contribution in [0.4, 0.5) is 4.79 Å². The first-order valence-electron chi connectivity index (χ1n) is 9.31. The summed E-state index contributed by atoms with van der Waals surface area (Å²) in [6.07, 6.45) is 2.31. The normalized spacial score (nSPS) is 15.2. The average Bonchev–Trinajstić information content (AvgIpc) is 3.01. The van der Waals surface area contributed by atoms with E-state index in [0.717, 1.165) is 22.9 Å². The van der Waals surface area contributed by atoms with Crippen molar-refractivity contribution in [2.75, 3.05) is 27.4 Å². The number of carbonyl (C=O) groups is 2. The minimum atomic E-state index is -0.279. The number of carbonyl (C=O) groups excluding carboxylic acids is 2. The predicted molar refractivity (Wildman–Crippen MR) is 126 cm³/mol. The number of amides is 2. The molecule has 0 aliphatic carbocycles. The van der Waals surface area contributed by atoms with Crippen LogP contribution in [0.1, 0.15) is 17.5 Å². The third-order valence-electron chi connectivity index (χ3n) is 4.40. The molecule has 0 N–H and O–H groups in total. The number of nitrogens with zero attached hydrogens (tertiary/aromatic N) is 1. The molecule has 158 valence electrons. The molecule has 2 amide bonds. The molecule has 30 heavy (non-hydrogen) atoms. The molecular formula is C22H22INO5S. The Morgan fingerprint density at radius 3 is 2.53 bits per heavy atom. The van der Waals surface area contributed by atoms with Crippen LogP contribution in [0.15, 0.2) is 47.4 Å². The first-order valence-corrected chi connectivity index (χ1v) is 11.2. The summed E-state index contributed by atoms with van der Waals surface area (Å²) < 4.78 is 17.5. The maximum atomic E-state index is 12.5. The van der Waals surface area contributed by atoms with Gasteiger partial charge in [0.2, 0.25) is 0 Å². The number of halogens is 1. The highest BCUT2D eigenvalue weighted by molar-refractivity contribution is 14.1. The Kier molecular flexibility index (Phi) is 8.17. The molecule has 0 radical (unpaired) electrons. The number of benzene rings is 2. The lowest BCUT2D eigenvalue weighted by molar-refractivity contribution is -0.122. The van der Waals surface area contributed by atoms with Crippen LogP contribution >= 0.6 is 34.4 Å². The third kappa shape index (κ3) is 5.77. The second-order valence-electron chi connectivity index (χ2n) is 6.51. The van der Waals surface area contributed by atoms with Gasteiger partial charge in [0.25, 0.3) is 11.1 Å². The maximum absolute atomic E-state index is 12.5. The summed E-state index contributed by atoms with van der Waals surface area (Å²) in [5, 5.41) is -0.258. The van der Waals surface area contributed by atoms with Gasteiger partial charge < -0.3 is 14.2 Å². The molecule has 0 atom stereocenters. The summed E-state index contributed by atoms with van der Waals surface area (Å²) in [6, 6.07) is 13.5. The van der Waals surface area contributed by atoms with Crippen molar-refractivity contribution in [1.29, 1.82) is 0 Å². The molecule has 8 heteroatoms. The lowest BCUT2D eigenvalue weighted by Gasteiger charge is -2.12. The van der Waals surface area contributed by atoms with Crippen LogP contribution < -0.4 is 9.47 Å². The van der Waals surface area contributed by atoms with Gasteiger partial charge in [0.15, 0.2) is 11.5 Å². The van der Waals surface area contributed by atoms with Gasteiger partial charge in [-0.05, 0) is 82.2 Å². The van der Waals surface area contributed by atoms with Crippen LogP contribution in [-0.4, -0.2) is 43.4 Å². The molecule has 3 rings (SSSR count). The highest BCUT2D eigenvalue weighted by Gasteiger charge is 2.34. The summed E-state index contributed by atoms with van der Waals surface area (Å²) in [7, 11) is 3.16. The monoisotopic (exact) mass is 539 g/mol. The van der Waals surface area contributed by atoms with Crippen molar-refractivity contribution in [3.05, 3.63) is 62.1 Å². The summed E-state index contributed by atoms with van der Waals surface area (Å²) in [6.45, 7) is 1.28. The minimum absolute atomic E-state index is 0.258. The van der Waals surface area contributed by atoms with E-state index >= 15 is 0 Å². The lowest BCUT2D eigenvalue weighted by atomic mass is 10.1. The predicted octanol–water partition coefficient (Wildman–Crippen LogP) is 4.95. The molecule has 2 aromatic carbocycles. The van der Waals surface area contributed by atoms with Crippen LogP contribution in [0.3, 0.4) is 0 Å². The number of thioether (sulfide) groups is 1. The van der Waals surface area contributed by atoms with Crippen molar-refractivity contribution in [3.63, 3.8) is 0 Å². The largest absolute Gasteiger partial charge is 0.493 e. The van der Waals surface area contributed by atoms with Gasteiger partial charge in [0, 0.05) is 23.8 Å². The molecule has 0 bridgehead atoms. The van der Waals surface area contributed by atoms with Gasteiger partial charge in [0.1, 0.15) is 6.61 Å². The lowest BCUT2D eigenvalue weighted by Crippen LogP contribution is -2.29. The Balaban J connectivity index is 1.70. The van der Waals surface area contributed by atoms with E-state index in [1.807, 2.05) is 30.3 Å². The SMILES string of the molecule is COCCCN1C(=O)S/C(=C/c2ccc(OCc3ccc(I)cc3)c(OC)c2)C1=O. The molecule has 6 nitrogen and oxygen atoms in total. The van der Waals surface area contributed by atoms with Gasteiger partial charge in [-0.25, -0.2) is 0 Å². The second kappa shape index (κ2) is 10.8. The number of ether oxygens (including phenoxy) is 3. The van der Waals surface area contributed by atoms with Crippen LogP contribution in [0.2, 0.25) is 0 Å². The van der Waals surface area contributed by atoms with Crippen molar-refractivity contribution in [3.8, 4) is 11.5 Å². The summed E-state index contributed by atoms with van der Waals surface area (Å²) in [4.78, 5) is 26.3. The van der Waals surface area contributed by atoms with E-state index in [0.29, 0.717) is 42.6 Å². The fraction of sp³-hybridized carbons (Fsp3) is 0.273. The first kappa shape index (κ1) is 22.6. The smallest absolute Gasteiger partial charge is 0.293 e. The minimum Gasteiger partial charge on any atom is -0.493 e. The Hall–Kier alpha value is -2.04. The van der Waals surface area contributed by atoms with E-state index in [1.54, 1.807) is 32.4 Å². The van der Waals surface area contributed by atoms with Crippen molar-refractivity contribution >= 4 is 51.6 Å². The highest BCUT2D eigenvalue weighted by Crippen LogP contribution is 2.34. The van der Waals surface area contributed by atoms with E-state index in [4.69, 9.17) is 14.2 Å². The summed E-state index contributed by atoms with van der Waals surface area (Å²) in [5.41, 5.74) is 1.82. The standard InChI is InChI=1S/C22H22INO5S/c1-27-11-3-10-24-21(25)20(30-22(24)26)13-16-6-9-18(19(12-16)28-2)29-14-15-4-7-17(23)8-5-15/h4-9,12-13H,3,10-11,14H2,1-2H3/b20-13+. The van der Waals surface area contributed by atoms with Crippen molar-refractivity contribution in [2.45, 2.75) is 13.0 Å². The average molecular weight is 539 g/mol. The van der Waals surface area contributed by atoms with Gasteiger partial charge in [-0.2, -0.15) is 0 Å². The molecule has 2 aromatic rings. The molecular weight excluding hydrogens is 517 g/mol. The fourth-order valence-electron chi connectivity index (χ4n) is 2.85. The zero-order valence-electron chi connectivity index (χ0n) is 16.7. The zero-order chi connectivity index (χ0) is 21.5. The Labute approximate surface area is 193 Å². The molecule has 0 unspecified atom stereocenters.